The second-order valence-corrected chi connectivity index (χ2v) is 4.55. The standard InChI is InChI=1S/C12H17N3O/c1-7-5-8(6-7)15-11-9(12(14)16)3-2-4-10(11)13/h2-4,7-8,15H,5-6,13H2,1H3,(H2,14,16). The fourth-order valence-electron chi connectivity index (χ4n) is 2.16. The molecule has 0 saturated heterocycles. The lowest BCUT2D eigenvalue weighted by Gasteiger charge is -2.34. The van der Waals surface area contributed by atoms with E-state index in [4.69, 9.17) is 11.5 Å². The molecule has 86 valence electrons. The van der Waals surface area contributed by atoms with Crippen molar-refractivity contribution in [1.82, 2.24) is 0 Å². The van der Waals surface area contributed by atoms with E-state index >= 15 is 0 Å². The molecule has 1 amide bonds. The number of para-hydroxylation sites is 1. The first-order chi connectivity index (χ1) is 7.58. The van der Waals surface area contributed by atoms with Gasteiger partial charge in [-0.1, -0.05) is 13.0 Å². The largest absolute Gasteiger partial charge is 0.397 e. The molecule has 0 bridgehead atoms. The number of rotatable bonds is 3. The molecule has 0 aliphatic heterocycles. The average Bonchev–Trinajstić information content (AvgIpc) is 2.18. The summed E-state index contributed by atoms with van der Waals surface area (Å²) in [5, 5.41) is 3.30. The van der Waals surface area contributed by atoms with Crippen molar-refractivity contribution >= 4 is 17.3 Å². The van der Waals surface area contributed by atoms with Crippen LogP contribution in [0, 0.1) is 5.92 Å². The first kappa shape index (κ1) is 10.8. The lowest BCUT2D eigenvalue weighted by molar-refractivity contribution is 0.100. The van der Waals surface area contributed by atoms with Crippen LogP contribution in [0.3, 0.4) is 0 Å². The van der Waals surface area contributed by atoms with Gasteiger partial charge in [0.1, 0.15) is 0 Å². The fourth-order valence-corrected chi connectivity index (χ4v) is 2.16. The van der Waals surface area contributed by atoms with E-state index in [-0.39, 0.29) is 0 Å². The number of carbonyl (C=O) groups excluding carboxylic acids is 1. The van der Waals surface area contributed by atoms with Gasteiger partial charge in [-0.25, -0.2) is 0 Å². The minimum Gasteiger partial charge on any atom is -0.397 e. The molecule has 1 aromatic carbocycles. The second kappa shape index (κ2) is 4.04. The summed E-state index contributed by atoms with van der Waals surface area (Å²) in [5.41, 5.74) is 12.9. The molecule has 4 heteroatoms. The minimum absolute atomic E-state index is 0.415. The van der Waals surface area contributed by atoms with Gasteiger partial charge in [0.15, 0.2) is 0 Å². The molecule has 0 unspecified atom stereocenters. The van der Waals surface area contributed by atoms with Crippen molar-refractivity contribution in [1.29, 1.82) is 0 Å². The summed E-state index contributed by atoms with van der Waals surface area (Å²) in [6.45, 7) is 2.21. The Morgan fingerprint density at radius 2 is 2.12 bits per heavy atom. The number of nitrogen functional groups attached to an aromatic ring is 1. The van der Waals surface area contributed by atoms with E-state index in [1.165, 1.54) is 0 Å². The molecule has 0 atom stereocenters. The van der Waals surface area contributed by atoms with Crippen LogP contribution in [-0.2, 0) is 0 Å². The first-order valence-electron chi connectivity index (χ1n) is 5.52. The third-order valence-corrected chi connectivity index (χ3v) is 3.08. The average molecular weight is 219 g/mol. The summed E-state index contributed by atoms with van der Waals surface area (Å²) in [6, 6.07) is 5.63. The molecule has 0 radical (unpaired) electrons. The number of benzene rings is 1. The number of primary amides is 1. The molecule has 1 aliphatic rings. The molecule has 4 nitrogen and oxygen atoms in total. The lowest BCUT2D eigenvalue weighted by Crippen LogP contribution is -2.34. The monoisotopic (exact) mass is 219 g/mol. The van der Waals surface area contributed by atoms with Crippen LogP contribution in [0.2, 0.25) is 0 Å². The molecule has 1 saturated carbocycles. The molecule has 0 heterocycles. The van der Waals surface area contributed by atoms with E-state index in [2.05, 4.69) is 12.2 Å². The van der Waals surface area contributed by atoms with E-state index in [0.717, 1.165) is 18.8 Å². The Morgan fingerprint density at radius 3 is 2.69 bits per heavy atom. The quantitative estimate of drug-likeness (QED) is 0.675. The predicted molar refractivity (Wildman–Crippen MR) is 65.2 cm³/mol. The van der Waals surface area contributed by atoms with Gasteiger partial charge in [-0.3, -0.25) is 4.79 Å². The van der Waals surface area contributed by atoms with Crippen molar-refractivity contribution in [3.05, 3.63) is 23.8 Å². The molecule has 2 rings (SSSR count). The Bertz CT molecular complexity index is 411. The van der Waals surface area contributed by atoms with Gasteiger partial charge >= 0.3 is 0 Å². The van der Waals surface area contributed by atoms with Gasteiger partial charge in [0.2, 0.25) is 0 Å². The van der Waals surface area contributed by atoms with Gasteiger partial charge in [0.25, 0.3) is 5.91 Å². The third-order valence-electron chi connectivity index (χ3n) is 3.08. The summed E-state index contributed by atoms with van der Waals surface area (Å²) in [6.07, 6.45) is 2.24. The van der Waals surface area contributed by atoms with Gasteiger partial charge in [-0.2, -0.15) is 0 Å². The number of hydrogen-bond donors (Lipinski definition) is 3. The highest BCUT2D eigenvalue weighted by Gasteiger charge is 2.26. The van der Waals surface area contributed by atoms with Crippen LogP contribution in [0.4, 0.5) is 11.4 Å². The molecule has 0 spiro atoms. The third kappa shape index (κ3) is 1.96. The van der Waals surface area contributed by atoms with E-state index in [1.807, 2.05) is 0 Å². The van der Waals surface area contributed by atoms with Crippen molar-refractivity contribution < 1.29 is 4.79 Å². The molecule has 5 N–H and O–H groups in total. The number of carbonyl (C=O) groups is 1. The first-order valence-corrected chi connectivity index (χ1v) is 5.52. The van der Waals surface area contributed by atoms with Crippen molar-refractivity contribution in [2.45, 2.75) is 25.8 Å². The van der Waals surface area contributed by atoms with Crippen molar-refractivity contribution in [2.75, 3.05) is 11.1 Å². The smallest absolute Gasteiger partial charge is 0.250 e. The van der Waals surface area contributed by atoms with Crippen LogP contribution in [0.15, 0.2) is 18.2 Å². The number of hydrogen-bond acceptors (Lipinski definition) is 3. The summed E-state index contributed by atoms with van der Waals surface area (Å²) in [5.74, 6) is 0.307. The van der Waals surface area contributed by atoms with Gasteiger partial charge in [-0.05, 0) is 30.9 Å². The number of amides is 1. The maximum atomic E-state index is 11.3. The second-order valence-electron chi connectivity index (χ2n) is 4.55. The highest BCUT2D eigenvalue weighted by Crippen LogP contribution is 2.32. The normalized spacial score (nSPS) is 23.6. The Kier molecular flexibility index (Phi) is 2.73. The zero-order chi connectivity index (χ0) is 11.7. The topological polar surface area (TPSA) is 81.1 Å². The van der Waals surface area contributed by atoms with Crippen LogP contribution in [0.25, 0.3) is 0 Å². The maximum absolute atomic E-state index is 11.3. The molecule has 1 aromatic rings. The van der Waals surface area contributed by atoms with Gasteiger partial charge in [-0.15, -0.1) is 0 Å². The van der Waals surface area contributed by atoms with Crippen LogP contribution in [-0.4, -0.2) is 11.9 Å². The Morgan fingerprint density at radius 1 is 1.44 bits per heavy atom. The van der Waals surface area contributed by atoms with Crippen LogP contribution in [0.1, 0.15) is 30.1 Å². The summed E-state index contributed by atoms with van der Waals surface area (Å²) in [4.78, 5) is 11.3. The number of nitrogens with one attached hydrogen (secondary N) is 1. The van der Waals surface area contributed by atoms with E-state index in [9.17, 15) is 4.79 Å². The van der Waals surface area contributed by atoms with E-state index in [0.29, 0.717) is 23.0 Å². The van der Waals surface area contributed by atoms with Gasteiger partial charge < -0.3 is 16.8 Å². The van der Waals surface area contributed by atoms with Crippen LogP contribution in [0.5, 0.6) is 0 Å². The molecule has 1 aliphatic carbocycles. The summed E-state index contributed by atoms with van der Waals surface area (Å²) < 4.78 is 0. The van der Waals surface area contributed by atoms with Gasteiger partial charge in [0.05, 0.1) is 16.9 Å². The minimum atomic E-state index is -0.442. The van der Waals surface area contributed by atoms with E-state index in [1.54, 1.807) is 18.2 Å². The van der Waals surface area contributed by atoms with Crippen molar-refractivity contribution in [3.63, 3.8) is 0 Å². The highest BCUT2D eigenvalue weighted by atomic mass is 16.1. The molecular weight excluding hydrogens is 202 g/mol. The predicted octanol–water partition coefficient (Wildman–Crippen LogP) is 1.58. The summed E-state index contributed by atoms with van der Waals surface area (Å²) in [7, 11) is 0. The Balaban J connectivity index is 2.21. The highest BCUT2D eigenvalue weighted by molar-refractivity contribution is 6.01. The SMILES string of the molecule is CC1CC(Nc2c(N)cccc2C(N)=O)C1. The summed E-state index contributed by atoms with van der Waals surface area (Å²) >= 11 is 0. The molecular formula is C12H17N3O. The molecule has 16 heavy (non-hydrogen) atoms. The Labute approximate surface area is 95.0 Å². The van der Waals surface area contributed by atoms with Gasteiger partial charge in [0, 0.05) is 6.04 Å². The fraction of sp³-hybridized carbons (Fsp3) is 0.417. The van der Waals surface area contributed by atoms with Crippen LogP contribution >= 0.6 is 0 Å². The number of nitrogens with two attached hydrogens (primary N) is 2. The maximum Gasteiger partial charge on any atom is 0.250 e. The zero-order valence-electron chi connectivity index (χ0n) is 9.36. The van der Waals surface area contributed by atoms with E-state index < -0.39 is 5.91 Å². The Hall–Kier alpha value is -1.71. The van der Waals surface area contributed by atoms with Crippen LogP contribution < -0.4 is 16.8 Å². The molecule has 0 aromatic heterocycles. The van der Waals surface area contributed by atoms with Crippen molar-refractivity contribution in [2.24, 2.45) is 11.7 Å². The number of anilines is 2. The zero-order valence-corrected chi connectivity index (χ0v) is 9.36. The van der Waals surface area contributed by atoms with Crippen molar-refractivity contribution in [3.8, 4) is 0 Å². The lowest BCUT2D eigenvalue weighted by atomic mass is 9.81. The molecule has 1 fully saturated rings.